The van der Waals surface area contributed by atoms with E-state index < -0.39 is 0 Å². The van der Waals surface area contributed by atoms with Crippen molar-refractivity contribution in [2.75, 3.05) is 6.79 Å². The van der Waals surface area contributed by atoms with E-state index in [4.69, 9.17) is 9.47 Å². The summed E-state index contributed by atoms with van der Waals surface area (Å²) in [6, 6.07) is 13.6. The summed E-state index contributed by atoms with van der Waals surface area (Å²) < 4.78 is 13.9. The first-order chi connectivity index (χ1) is 12.2. The number of carbonyl (C=O) groups is 1. The van der Waals surface area contributed by atoms with E-state index in [2.05, 4.69) is 4.99 Å². The molecule has 0 unspecified atom stereocenters. The van der Waals surface area contributed by atoms with E-state index >= 15 is 0 Å². The quantitative estimate of drug-likeness (QED) is 0.677. The van der Waals surface area contributed by atoms with Crippen molar-refractivity contribution in [3.8, 4) is 11.5 Å². The first-order valence-corrected chi connectivity index (χ1v) is 8.81. The molecule has 0 saturated heterocycles. The van der Waals surface area contributed by atoms with Gasteiger partial charge in [-0.05, 0) is 18.6 Å². The minimum Gasteiger partial charge on any atom is -0.454 e. The zero-order chi connectivity index (χ0) is 17.2. The van der Waals surface area contributed by atoms with Gasteiger partial charge in [-0.1, -0.05) is 41.7 Å². The van der Waals surface area contributed by atoms with Crippen LogP contribution in [0.4, 0.5) is 0 Å². The van der Waals surface area contributed by atoms with Crippen molar-refractivity contribution in [2.24, 2.45) is 4.99 Å². The number of amides is 1. The Labute approximate surface area is 148 Å². The monoisotopic (exact) mass is 352 g/mol. The van der Waals surface area contributed by atoms with Gasteiger partial charge in [0, 0.05) is 24.8 Å². The lowest BCUT2D eigenvalue weighted by Gasteiger charge is -2.01. The molecule has 4 rings (SSSR count). The maximum atomic E-state index is 12.2. The number of aromatic nitrogens is 1. The molecule has 5 nitrogen and oxygen atoms in total. The Bertz CT molecular complexity index is 1030. The number of hydrogen-bond donors (Lipinski definition) is 0. The number of benzene rings is 2. The van der Waals surface area contributed by atoms with Crippen LogP contribution in [-0.2, 0) is 11.3 Å². The smallest absolute Gasteiger partial charge is 0.272 e. The molecule has 0 N–H and O–H groups in total. The molecule has 0 radical (unpaired) electrons. The number of aryl methyl sites for hydroxylation is 1. The van der Waals surface area contributed by atoms with Crippen molar-refractivity contribution < 1.29 is 14.3 Å². The molecule has 0 aliphatic carbocycles. The number of fused-ring (bicyclic) bond motifs is 2. The van der Waals surface area contributed by atoms with Crippen LogP contribution >= 0.6 is 11.3 Å². The van der Waals surface area contributed by atoms with Crippen molar-refractivity contribution in [1.29, 1.82) is 0 Å². The number of nitrogens with zero attached hydrogens (tertiary/aromatic N) is 2. The topological polar surface area (TPSA) is 52.8 Å². The van der Waals surface area contributed by atoms with Gasteiger partial charge in [-0.25, -0.2) is 0 Å². The van der Waals surface area contributed by atoms with E-state index in [1.807, 2.05) is 54.0 Å². The highest BCUT2D eigenvalue weighted by Gasteiger charge is 2.17. The number of rotatable bonds is 3. The van der Waals surface area contributed by atoms with E-state index in [0.717, 1.165) is 27.3 Å². The van der Waals surface area contributed by atoms with Crippen molar-refractivity contribution in [2.45, 2.75) is 13.5 Å². The van der Waals surface area contributed by atoms with Crippen LogP contribution in [0.25, 0.3) is 16.3 Å². The lowest BCUT2D eigenvalue weighted by molar-refractivity contribution is -0.113. The van der Waals surface area contributed by atoms with Crippen LogP contribution in [0.15, 0.2) is 53.5 Å². The summed E-state index contributed by atoms with van der Waals surface area (Å²) in [5.74, 6) is 1.19. The first-order valence-electron chi connectivity index (χ1n) is 7.99. The highest BCUT2D eigenvalue weighted by Crippen LogP contribution is 2.36. The van der Waals surface area contributed by atoms with Crippen molar-refractivity contribution >= 4 is 33.5 Å². The summed E-state index contributed by atoms with van der Waals surface area (Å²) in [6.07, 6.45) is 3.26. The molecule has 6 heteroatoms. The third kappa shape index (κ3) is 3.08. The minimum atomic E-state index is -0.280. The molecule has 2 aromatic carbocycles. The van der Waals surface area contributed by atoms with Crippen molar-refractivity contribution in [3.05, 3.63) is 58.9 Å². The van der Waals surface area contributed by atoms with Crippen LogP contribution in [0.3, 0.4) is 0 Å². The molecule has 0 fully saturated rings. The summed E-state index contributed by atoms with van der Waals surface area (Å²) in [7, 11) is 0. The summed E-state index contributed by atoms with van der Waals surface area (Å²) in [4.78, 5) is 17.2. The molecule has 2 heterocycles. The first kappa shape index (κ1) is 15.7. The molecule has 126 valence electrons. The average molecular weight is 352 g/mol. The summed E-state index contributed by atoms with van der Waals surface area (Å²) in [5, 5.41) is 0. The maximum absolute atomic E-state index is 12.2. The fourth-order valence-electron chi connectivity index (χ4n) is 2.71. The van der Waals surface area contributed by atoms with Gasteiger partial charge in [0.15, 0.2) is 16.3 Å². The van der Waals surface area contributed by atoms with E-state index in [9.17, 15) is 4.79 Å². The second-order valence-corrected chi connectivity index (χ2v) is 6.51. The van der Waals surface area contributed by atoms with Crippen LogP contribution in [0, 0.1) is 0 Å². The lowest BCUT2D eigenvalue weighted by Crippen LogP contribution is -2.15. The lowest BCUT2D eigenvalue weighted by atomic mass is 10.2. The SMILES string of the molecule is CCn1c(=NC(=O)/C=C/c2ccccc2)sc2cc3c(cc21)OCO3. The van der Waals surface area contributed by atoms with Crippen molar-refractivity contribution in [3.63, 3.8) is 0 Å². The van der Waals surface area contributed by atoms with Crippen LogP contribution in [0.1, 0.15) is 12.5 Å². The van der Waals surface area contributed by atoms with Gasteiger partial charge in [0.1, 0.15) is 0 Å². The van der Waals surface area contributed by atoms with Crippen molar-refractivity contribution in [1.82, 2.24) is 4.57 Å². The predicted octanol–water partition coefficient (Wildman–Crippen LogP) is 3.59. The molecule has 25 heavy (non-hydrogen) atoms. The second-order valence-electron chi connectivity index (χ2n) is 5.50. The molecule has 0 atom stereocenters. The Balaban J connectivity index is 1.71. The normalized spacial score (nSPS) is 13.9. The molecule has 3 aromatic rings. The average Bonchev–Trinajstić information content (AvgIpc) is 3.21. The largest absolute Gasteiger partial charge is 0.454 e. The number of carbonyl (C=O) groups excluding carboxylic acids is 1. The standard InChI is InChI=1S/C19H16N2O3S/c1-2-21-14-10-15-16(24-12-23-15)11-17(14)25-19(21)20-18(22)9-8-13-6-4-3-5-7-13/h3-11H,2,12H2,1H3/b9-8+,20-19?. The van der Waals surface area contributed by atoms with Gasteiger partial charge in [0.2, 0.25) is 6.79 Å². The molecule has 1 amide bonds. The number of thiazole rings is 1. The second kappa shape index (κ2) is 6.57. The number of ether oxygens (including phenoxy) is 2. The van der Waals surface area contributed by atoms with Gasteiger partial charge >= 0.3 is 0 Å². The molecule has 1 aliphatic heterocycles. The van der Waals surface area contributed by atoms with Gasteiger partial charge in [0.05, 0.1) is 10.2 Å². The summed E-state index contributed by atoms with van der Waals surface area (Å²) >= 11 is 1.47. The van der Waals surface area contributed by atoms with Crippen LogP contribution in [0.5, 0.6) is 11.5 Å². The summed E-state index contributed by atoms with van der Waals surface area (Å²) in [6.45, 7) is 2.99. The third-order valence-corrected chi connectivity index (χ3v) is 4.96. The van der Waals surface area contributed by atoms with Crippen LogP contribution in [0.2, 0.25) is 0 Å². The Morgan fingerprint density at radius 1 is 1.24 bits per heavy atom. The van der Waals surface area contributed by atoms with Crippen LogP contribution < -0.4 is 14.3 Å². The van der Waals surface area contributed by atoms with E-state index in [0.29, 0.717) is 11.3 Å². The van der Waals surface area contributed by atoms with Gasteiger partial charge in [0.25, 0.3) is 5.91 Å². The molecule has 1 aromatic heterocycles. The van der Waals surface area contributed by atoms with E-state index in [1.54, 1.807) is 6.08 Å². The fourth-order valence-corrected chi connectivity index (χ4v) is 3.82. The summed E-state index contributed by atoms with van der Waals surface area (Å²) in [5.41, 5.74) is 1.96. The van der Waals surface area contributed by atoms with Gasteiger partial charge in [-0.2, -0.15) is 4.99 Å². The zero-order valence-electron chi connectivity index (χ0n) is 13.6. The van der Waals surface area contributed by atoms with Crippen LogP contribution in [-0.4, -0.2) is 17.3 Å². The zero-order valence-corrected chi connectivity index (χ0v) is 14.5. The third-order valence-electron chi connectivity index (χ3n) is 3.92. The fraction of sp³-hybridized carbons (Fsp3) is 0.158. The van der Waals surface area contributed by atoms with Gasteiger partial charge in [-0.3, -0.25) is 4.79 Å². The maximum Gasteiger partial charge on any atom is 0.272 e. The predicted molar refractivity (Wildman–Crippen MR) is 97.7 cm³/mol. The molecule has 1 aliphatic rings. The Morgan fingerprint density at radius 3 is 2.76 bits per heavy atom. The molecule has 0 spiro atoms. The number of hydrogen-bond acceptors (Lipinski definition) is 4. The molecule has 0 saturated carbocycles. The highest BCUT2D eigenvalue weighted by molar-refractivity contribution is 7.16. The molecular formula is C19H16N2O3S. The molecule has 0 bridgehead atoms. The Morgan fingerprint density at radius 2 is 2.00 bits per heavy atom. The van der Waals surface area contributed by atoms with Gasteiger partial charge in [-0.15, -0.1) is 0 Å². The van der Waals surface area contributed by atoms with E-state index in [1.165, 1.54) is 17.4 Å². The molecular weight excluding hydrogens is 336 g/mol. The highest BCUT2D eigenvalue weighted by atomic mass is 32.1. The van der Waals surface area contributed by atoms with Gasteiger partial charge < -0.3 is 14.0 Å². The minimum absolute atomic E-state index is 0.249. The Hall–Kier alpha value is -2.86. The Kier molecular flexibility index (Phi) is 4.11. The van der Waals surface area contributed by atoms with E-state index in [-0.39, 0.29) is 12.7 Å².